The Labute approximate surface area is 192 Å². The van der Waals surface area contributed by atoms with Crippen molar-refractivity contribution in [1.29, 1.82) is 0 Å². The summed E-state index contributed by atoms with van der Waals surface area (Å²) in [5.74, 6) is 0.0963. The Morgan fingerprint density at radius 1 is 0.818 bits per heavy atom. The van der Waals surface area contributed by atoms with Crippen LogP contribution in [0.4, 0.5) is 0 Å². The molecule has 3 aromatic rings. The van der Waals surface area contributed by atoms with Gasteiger partial charge in [-0.2, -0.15) is 0 Å². The summed E-state index contributed by atoms with van der Waals surface area (Å²) in [5, 5.41) is 1.41. The van der Waals surface area contributed by atoms with Crippen molar-refractivity contribution in [2.75, 3.05) is 0 Å². The first-order chi connectivity index (χ1) is 16.2. The number of hydrogen-bond donors (Lipinski definition) is 0. The van der Waals surface area contributed by atoms with Crippen LogP contribution in [0, 0.1) is 0 Å². The van der Waals surface area contributed by atoms with Gasteiger partial charge in [0, 0.05) is 12.0 Å². The van der Waals surface area contributed by atoms with Crippen molar-refractivity contribution >= 4 is 11.9 Å². The van der Waals surface area contributed by atoms with Crippen LogP contribution < -0.4 is 4.74 Å². The Morgan fingerprint density at radius 3 is 2.18 bits per heavy atom. The number of hydrogen-bond acceptors (Lipinski definition) is 5. The van der Waals surface area contributed by atoms with Crippen molar-refractivity contribution in [3.63, 3.8) is 0 Å². The van der Waals surface area contributed by atoms with Crippen LogP contribution in [-0.4, -0.2) is 29.1 Å². The summed E-state index contributed by atoms with van der Waals surface area (Å²) in [6, 6.07) is 23.8. The summed E-state index contributed by atoms with van der Waals surface area (Å²) in [6.45, 7) is 0.644. The Bertz CT molecular complexity index is 1160. The van der Waals surface area contributed by atoms with E-state index >= 15 is 0 Å². The highest BCUT2D eigenvalue weighted by Gasteiger charge is 2.38. The molecule has 3 aromatic carbocycles. The molecule has 1 aliphatic carbocycles. The van der Waals surface area contributed by atoms with E-state index in [1.807, 2.05) is 66.7 Å². The second-order valence-corrected chi connectivity index (χ2v) is 8.03. The summed E-state index contributed by atoms with van der Waals surface area (Å²) in [4.78, 5) is 30.6. The fraction of sp³-hybridized carbons (Fsp3) is 0.185. The maximum atomic E-state index is 12.6. The van der Waals surface area contributed by atoms with Crippen molar-refractivity contribution < 1.29 is 23.9 Å². The number of nitrogens with zero attached hydrogens (tertiary/aromatic N) is 1. The Hall–Kier alpha value is -3.90. The predicted molar refractivity (Wildman–Crippen MR) is 121 cm³/mol. The first-order valence-corrected chi connectivity index (χ1v) is 10.9. The molecule has 33 heavy (non-hydrogen) atoms. The summed E-state index contributed by atoms with van der Waals surface area (Å²) in [6.07, 6.45) is 4.74. The minimum Gasteiger partial charge on any atom is -0.489 e. The minimum atomic E-state index is -0.446. The third-order valence-corrected chi connectivity index (χ3v) is 5.68. The third-order valence-electron chi connectivity index (χ3n) is 5.68. The zero-order chi connectivity index (χ0) is 22.6. The van der Waals surface area contributed by atoms with Gasteiger partial charge in [0.1, 0.15) is 25.1 Å². The highest BCUT2D eigenvalue weighted by atomic mass is 16.7. The molecule has 6 nitrogen and oxygen atoms in total. The number of amides is 1. The largest absolute Gasteiger partial charge is 0.489 e. The molecule has 0 aromatic heterocycles. The van der Waals surface area contributed by atoms with Gasteiger partial charge in [-0.1, -0.05) is 54.6 Å². The van der Waals surface area contributed by atoms with E-state index < -0.39 is 5.97 Å². The molecule has 2 unspecified atom stereocenters. The smallest absolute Gasteiger partial charge is 0.338 e. The number of carbonyl (C=O) groups excluding carboxylic acids is 2. The number of benzene rings is 3. The van der Waals surface area contributed by atoms with Gasteiger partial charge >= 0.3 is 5.97 Å². The highest BCUT2D eigenvalue weighted by Crippen LogP contribution is 2.30. The van der Waals surface area contributed by atoms with Crippen molar-refractivity contribution in [3.8, 4) is 5.75 Å². The fourth-order valence-electron chi connectivity index (χ4n) is 3.85. The lowest BCUT2D eigenvalue weighted by atomic mass is 10.1. The van der Waals surface area contributed by atoms with Gasteiger partial charge in [-0.25, -0.2) is 9.86 Å². The SMILES string of the molecule is O=C(OCc1ccc(OCc2ccccc2)cc1)c1ccc(C(=O)N2OC3C=CC2C3)cc1. The molecule has 0 spiro atoms. The van der Waals surface area contributed by atoms with E-state index in [1.54, 1.807) is 24.3 Å². The molecular formula is C27H23NO5. The van der Waals surface area contributed by atoms with Gasteiger partial charge in [0.2, 0.25) is 0 Å². The van der Waals surface area contributed by atoms with E-state index in [1.165, 1.54) is 5.06 Å². The van der Waals surface area contributed by atoms with Crippen LogP contribution >= 0.6 is 0 Å². The maximum Gasteiger partial charge on any atom is 0.338 e. The predicted octanol–water partition coefficient (Wildman–Crippen LogP) is 4.71. The van der Waals surface area contributed by atoms with E-state index in [0.717, 1.165) is 23.3 Å². The fourth-order valence-corrected chi connectivity index (χ4v) is 3.85. The number of fused-ring (bicyclic) bond motifs is 2. The van der Waals surface area contributed by atoms with Gasteiger partial charge in [0.15, 0.2) is 0 Å². The molecule has 1 fully saturated rings. The van der Waals surface area contributed by atoms with Gasteiger partial charge in [0.25, 0.3) is 5.91 Å². The van der Waals surface area contributed by atoms with E-state index in [9.17, 15) is 9.59 Å². The topological polar surface area (TPSA) is 65.1 Å². The molecule has 2 bridgehead atoms. The van der Waals surface area contributed by atoms with E-state index in [0.29, 0.717) is 17.7 Å². The average molecular weight is 441 g/mol. The molecule has 5 rings (SSSR count). The number of carbonyl (C=O) groups is 2. The normalized spacial score (nSPS) is 18.4. The van der Waals surface area contributed by atoms with Gasteiger partial charge in [-0.3, -0.25) is 9.63 Å². The molecule has 1 amide bonds. The molecule has 1 aliphatic heterocycles. The molecule has 2 atom stereocenters. The summed E-state index contributed by atoms with van der Waals surface area (Å²) < 4.78 is 11.2. The first kappa shape index (κ1) is 21.0. The van der Waals surface area contributed by atoms with Crippen molar-refractivity contribution in [1.82, 2.24) is 5.06 Å². The highest BCUT2D eigenvalue weighted by molar-refractivity contribution is 5.96. The second-order valence-electron chi connectivity index (χ2n) is 8.03. The van der Waals surface area contributed by atoms with Crippen LogP contribution in [0.15, 0.2) is 91.0 Å². The van der Waals surface area contributed by atoms with Crippen LogP contribution in [-0.2, 0) is 22.8 Å². The number of rotatable bonds is 7. The third kappa shape index (κ3) is 4.81. The van der Waals surface area contributed by atoms with Crippen molar-refractivity contribution in [2.24, 2.45) is 0 Å². The maximum absolute atomic E-state index is 12.6. The van der Waals surface area contributed by atoms with Crippen LogP contribution in [0.25, 0.3) is 0 Å². The monoisotopic (exact) mass is 441 g/mol. The molecule has 0 saturated carbocycles. The lowest BCUT2D eigenvalue weighted by Crippen LogP contribution is -2.34. The molecule has 6 heteroatoms. The van der Waals surface area contributed by atoms with Crippen LogP contribution in [0.5, 0.6) is 5.75 Å². The van der Waals surface area contributed by atoms with Crippen molar-refractivity contribution in [2.45, 2.75) is 31.8 Å². The van der Waals surface area contributed by atoms with Crippen LogP contribution in [0.2, 0.25) is 0 Å². The Kier molecular flexibility index (Phi) is 5.91. The first-order valence-electron chi connectivity index (χ1n) is 10.9. The summed E-state index contributed by atoms with van der Waals surface area (Å²) in [7, 11) is 0. The van der Waals surface area contributed by atoms with Crippen LogP contribution in [0.1, 0.15) is 38.3 Å². The zero-order valence-electron chi connectivity index (χ0n) is 17.9. The molecule has 1 heterocycles. The zero-order valence-corrected chi connectivity index (χ0v) is 17.9. The number of ether oxygens (including phenoxy) is 2. The van der Waals surface area contributed by atoms with E-state index in [2.05, 4.69) is 0 Å². The van der Waals surface area contributed by atoms with E-state index in [-0.39, 0.29) is 24.7 Å². The lowest BCUT2D eigenvalue weighted by Gasteiger charge is -2.22. The number of hydroxylamine groups is 2. The Morgan fingerprint density at radius 2 is 1.52 bits per heavy atom. The van der Waals surface area contributed by atoms with E-state index in [4.69, 9.17) is 14.3 Å². The molecule has 0 radical (unpaired) electrons. The molecule has 166 valence electrons. The minimum absolute atomic E-state index is 0.0118. The Balaban J connectivity index is 1.12. The molecule has 2 aliphatic rings. The summed E-state index contributed by atoms with van der Waals surface area (Å²) >= 11 is 0. The number of esters is 1. The quantitative estimate of drug-likeness (QED) is 0.393. The van der Waals surface area contributed by atoms with Gasteiger partial charge < -0.3 is 9.47 Å². The standard InChI is InChI=1S/C27H23NO5/c29-26(28-23-12-15-25(16-23)33-28)21-8-10-22(11-9-21)27(30)32-18-20-6-13-24(14-7-20)31-17-19-4-2-1-3-5-19/h1-15,23,25H,16-18H2. The molecule has 1 saturated heterocycles. The van der Waals surface area contributed by atoms with Gasteiger partial charge in [-0.15, -0.1) is 0 Å². The average Bonchev–Trinajstić information content (AvgIpc) is 3.51. The van der Waals surface area contributed by atoms with Crippen molar-refractivity contribution in [3.05, 3.63) is 113 Å². The molecule has 0 N–H and O–H groups in total. The van der Waals surface area contributed by atoms with Gasteiger partial charge in [-0.05, 0) is 47.5 Å². The second kappa shape index (κ2) is 9.30. The van der Waals surface area contributed by atoms with Gasteiger partial charge in [0.05, 0.1) is 11.6 Å². The van der Waals surface area contributed by atoms with Crippen LogP contribution in [0.3, 0.4) is 0 Å². The summed E-state index contributed by atoms with van der Waals surface area (Å²) in [5.41, 5.74) is 2.81. The lowest BCUT2D eigenvalue weighted by molar-refractivity contribution is -0.114. The molecular weight excluding hydrogens is 418 g/mol.